The molecule has 2 heteroatoms. The molecule has 0 unspecified atom stereocenters. The summed E-state index contributed by atoms with van der Waals surface area (Å²) in [5, 5.41) is 9.57. The summed E-state index contributed by atoms with van der Waals surface area (Å²) >= 11 is 0. The van der Waals surface area contributed by atoms with Crippen LogP contribution in [0.1, 0.15) is 55.5 Å². The third kappa shape index (κ3) is 4.32. The Kier molecular flexibility index (Phi) is 6.16. The van der Waals surface area contributed by atoms with Crippen LogP contribution in [0.15, 0.2) is 54.6 Å². The van der Waals surface area contributed by atoms with Crippen molar-refractivity contribution in [1.82, 2.24) is 0 Å². The maximum atomic E-state index is 11.7. The molecule has 0 fully saturated rings. The highest BCUT2D eigenvalue weighted by Gasteiger charge is 2.16. The maximum Gasteiger partial charge on any atom is 0.336 e. The molecule has 0 saturated heterocycles. The molecule has 0 aliphatic heterocycles. The van der Waals surface area contributed by atoms with Crippen LogP contribution in [0.3, 0.4) is 0 Å². The summed E-state index contributed by atoms with van der Waals surface area (Å²) in [6, 6.07) is 15.5. The van der Waals surface area contributed by atoms with Gasteiger partial charge < -0.3 is 5.11 Å². The van der Waals surface area contributed by atoms with Crippen LogP contribution in [0.25, 0.3) is 16.7 Å². The third-order valence-electron chi connectivity index (χ3n) is 4.03. The lowest BCUT2D eigenvalue weighted by molar-refractivity contribution is 0.0696. The Balaban J connectivity index is 2.48. The van der Waals surface area contributed by atoms with Crippen molar-refractivity contribution in [2.24, 2.45) is 0 Å². The fraction of sp³-hybridized carbons (Fsp3) is 0.286. The zero-order valence-electron chi connectivity index (χ0n) is 13.9. The number of carbonyl (C=O) groups is 1. The summed E-state index contributed by atoms with van der Waals surface area (Å²) in [6.45, 7) is 4.20. The number of allylic oxidation sites excluding steroid dienone is 2. The molecule has 0 spiro atoms. The highest BCUT2D eigenvalue weighted by atomic mass is 16.4. The number of hydrogen-bond donors (Lipinski definition) is 1. The second-order valence-electron chi connectivity index (χ2n) is 5.78. The molecule has 2 nitrogen and oxygen atoms in total. The van der Waals surface area contributed by atoms with Gasteiger partial charge in [0.05, 0.1) is 5.56 Å². The molecule has 23 heavy (non-hydrogen) atoms. The number of aromatic carboxylic acids is 1. The molecule has 0 aliphatic carbocycles. The Labute approximate surface area is 138 Å². The van der Waals surface area contributed by atoms with E-state index in [2.05, 4.69) is 13.0 Å². The molecule has 0 bridgehead atoms. The van der Waals surface area contributed by atoms with Crippen molar-refractivity contribution in [2.45, 2.75) is 39.5 Å². The molecular formula is C21H24O2. The van der Waals surface area contributed by atoms with Gasteiger partial charge in [-0.05, 0) is 48.1 Å². The molecule has 0 saturated carbocycles. The van der Waals surface area contributed by atoms with Crippen LogP contribution >= 0.6 is 0 Å². The van der Waals surface area contributed by atoms with Crippen molar-refractivity contribution in [3.05, 3.63) is 65.7 Å². The van der Waals surface area contributed by atoms with Crippen LogP contribution in [0, 0.1) is 0 Å². The summed E-state index contributed by atoms with van der Waals surface area (Å²) < 4.78 is 0. The second kappa shape index (κ2) is 8.33. The molecule has 0 aromatic heterocycles. The van der Waals surface area contributed by atoms with Crippen LogP contribution in [-0.4, -0.2) is 11.1 Å². The first-order valence-corrected chi connectivity index (χ1v) is 8.24. The fourth-order valence-corrected chi connectivity index (χ4v) is 2.83. The van der Waals surface area contributed by atoms with E-state index in [0.717, 1.165) is 35.1 Å². The average molecular weight is 308 g/mol. The molecule has 0 atom stereocenters. The van der Waals surface area contributed by atoms with Gasteiger partial charge in [0.2, 0.25) is 0 Å². The quantitative estimate of drug-likeness (QED) is 0.633. The lowest BCUT2D eigenvalue weighted by Crippen LogP contribution is -2.03. The first kappa shape index (κ1) is 17.0. The number of benzene rings is 2. The van der Waals surface area contributed by atoms with Gasteiger partial charge in [-0.2, -0.15) is 0 Å². The molecular weight excluding hydrogens is 284 g/mol. The van der Waals surface area contributed by atoms with Gasteiger partial charge in [0, 0.05) is 0 Å². The third-order valence-corrected chi connectivity index (χ3v) is 4.03. The average Bonchev–Trinajstić information content (AvgIpc) is 2.58. The smallest absolute Gasteiger partial charge is 0.336 e. The largest absolute Gasteiger partial charge is 0.478 e. The van der Waals surface area contributed by atoms with Gasteiger partial charge in [-0.1, -0.05) is 68.3 Å². The first-order valence-electron chi connectivity index (χ1n) is 8.24. The highest BCUT2D eigenvalue weighted by Crippen LogP contribution is 2.32. The molecule has 0 aliphatic rings. The Morgan fingerprint density at radius 1 is 1.04 bits per heavy atom. The van der Waals surface area contributed by atoms with E-state index in [9.17, 15) is 9.90 Å². The van der Waals surface area contributed by atoms with Gasteiger partial charge in [0.25, 0.3) is 0 Å². The zero-order chi connectivity index (χ0) is 16.7. The second-order valence-corrected chi connectivity index (χ2v) is 5.78. The van der Waals surface area contributed by atoms with E-state index >= 15 is 0 Å². The Bertz CT molecular complexity index is 684. The maximum absolute atomic E-state index is 11.7. The molecule has 2 aromatic carbocycles. The van der Waals surface area contributed by atoms with Crippen LogP contribution in [0.5, 0.6) is 0 Å². The van der Waals surface area contributed by atoms with E-state index in [1.807, 2.05) is 49.4 Å². The Hall–Kier alpha value is -2.35. The number of carboxylic acids is 1. The lowest BCUT2D eigenvalue weighted by atomic mass is 9.90. The van der Waals surface area contributed by atoms with Gasteiger partial charge >= 0.3 is 5.97 Å². The lowest BCUT2D eigenvalue weighted by Gasteiger charge is -2.14. The van der Waals surface area contributed by atoms with Crippen LogP contribution in [0.2, 0.25) is 0 Å². The van der Waals surface area contributed by atoms with E-state index in [0.29, 0.717) is 5.56 Å². The summed E-state index contributed by atoms with van der Waals surface area (Å²) in [5.41, 5.74) is 4.28. The molecule has 2 rings (SSSR count). The van der Waals surface area contributed by atoms with Gasteiger partial charge in [0.1, 0.15) is 0 Å². The highest BCUT2D eigenvalue weighted by molar-refractivity contribution is 5.98. The number of hydrogen-bond acceptors (Lipinski definition) is 1. The molecule has 1 N–H and O–H groups in total. The monoisotopic (exact) mass is 308 g/mol. The van der Waals surface area contributed by atoms with E-state index in [4.69, 9.17) is 0 Å². The van der Waals surface area contributed by atoms with Crippen molar-refractivity contribution >= 4 is 11.5 Å². The molecule has 2 aromatic rings. The molecule has 0 radical (unpaired) electrons. The summed E-state index contributed by atoms with van der Waals surface area (Å²) in [5.74, 6) is -0.876. The standard InChI is InChI=1S/C21H24O2/c1-3-4-5-7-11-16(2)20-18(17-12-8-6-9-13-17)14-10-15-19(20)21(22)23/h6,8-15H,3-5,7H2,1-2H3,(H,22,23). The minimum atomic E-state index is -0.876. The van der Waals surface area contributed by atoms with Crippen molar-refractivity contribution < 1.29 is 9.90 Å². The molecule has 0 heterocycles. The minimum Gasteiger partial charge on any atom is -0.478 e. The van der Waals surface area contributed by atoms with Crippen molar-refractivity contribution in [1.29, 1.82) is 0 Å². The predicted molar refractivity (Wildman–Crippen MR) is 96.6 cm³/mol. The van der Waals surface area contributed by atoms with Crippen LogP contribution in [0.4, 0.5) is 0 Å². The van der Waals surface area contributed by atoms with Crippen molar-refractivity contribution in [2.75, 3.05) is 0 Å². The molecule has 120 valence electrons. The van der Waals surface area contributed by atoms with Crippen LogP contribution < -0.4 is 0 Å². The number of unbranched alkanes of at least 4 members (excludes halogenated alkanes) is 3. The van der Waals surface area contributed by atoms with E-state index in [1.54, 1.807) is 6.07 Å². The number of carboxylic acid groups (broad SMARTS) is 1. The predicted octanol–water partition coefficient (Wildman–Crippen LogP) is 6.04. The zero-order valence-corrected chi connectivity index (χ0v) is 13.9. The Morgan fingerprint density at radius 2 is 1.78 bits per heavy atom. The normalized spacial score (nSPS) is 11.5. The summed E-state index contributed by atoms with van der Waals surface area (Å²) in [4.78, 5) is 11.7. The Morgan fingerprint density at radius 3 is 2.43 bits per heavy atom. The van der Waals surface area contributed by atoms with E-state index in [1.165, 1.54) is 12.8 Å². The minimum absolute atomic E-state index is 0.371. The fourth-order valence-electron chi connectivity index (χ4n) is 2.83. The molecule has 0 amide bonds. The van der Waals surface area contributed by atoms with E-state index in [-0.39, 0.29) is 0 Å². The van der Waals surface area contributed by atoms with Gasteiger partial charge in [-0.3, -0.25) is 0 Å². The first-order chi connectivity index (χ1) is 11.1. The van der Waals surface area contributed by atoms with Crippen molar-refractivity contribution in [3.8, 4) is 11.1 Å². The van der Waals surface area contributed by atoms with Crippen LogP contribution in [-0.2, 0) is 0 Å². The SMILES string of the molecule is CCCCCC=C(C)c1c(C(=O)O)cccc1-c1ccccc1. The van der Waals surface area contributed by atoms with Gasteiger partial charge in [0.15, 0.2) is 0 Å². The summed E-state index contributed by atoms with van der Waals surface area (Å²) in [7, 11) is 0. The van der Waals surface area contributed by atoms with Crippen molar-refractivity contribution in [3.63, 3.8) is 0 Å². The summed E-state index contributed by atoms with van der Waals surface area (Å²) in [6.07, 6.45) is 6.69. The van der Waals surface area contributed by atoms with E-state index < -0.39 is 5.97 Å². The topological polar surface area (TPSA) is 37.3 Å². The van der Waals surface area contributed by atoms with Gasteiger partial charge in [-0.15, -0.1) is 0 Å². The van der Waals surface area contributed by atoms with Gasteiger partial charge in [-0.25, -0.2) is 4.79 Å². The number of rotatable bonds is 7.